The number of hydrogen-bond donors (Lipinski definition) is 2. The first-order valence-electron chi connectivity index (χ1n) is 8.60. The van der Waals surface area contributed by atoms with Crippen LogP contribution in [0.2, 0.25) is 0 Å². The van der Waals surface area contributed by atoms with E-state index >= 15 is 0 Å². The van der Waals surface area contributed by atoms with Gasteiger partial charge in [-0.15, -0.1) is 24.0 Å². The average molecular weight is 469 g/mol. The van der Waals surface area contributed by atoms with Crippen LogP contribution in [0, 0.1) is 0 Å². The van der Waals surface area contributed by atoms with Crippen molar-refractivity contribution in [3.8, 4) is 5.75 Å². The van der Waals surface area contributed by atoms with E-state index in [0.717, 1.165) is 36.0 Å². The number of hydrogen-bond acceptors (Lipinski definition) is 3. The van der Waals surface area contributed by atoms with Crippen LogP contribution in [0.25, 0.3) is 0 Å². The summed E-state index contributed by atoms with van der Waals surface area (Å²) >= 11 is 0. The Morgan fingerprint density at radius 2 is 1.73 bits per heavy atom. The number of nitrogens with one attached hydrogen (secondary N) is 2. The topological polar surface area (TPSA) is 54.9 Å². The molecule has 0 fully saturated rings. The first kappa shape index (κ1) is 22.2. The monoisotopic (exact) mass is 469 g/mol. The van der Waals surface area contributed by atoms with E-state index in [0.29, 0.717) is 19.8 Å². The minimum atomic E-state index is 0. The standard InChI is InChI=1S/C20H27N3O2.HI/c1-3-24-14-13-22-20(21-2)23-15-18-11-7-8-12-19(18)25-16-17-9-5-4-6-10-17;/h4-12H,3,13-16H2,1-2H3,(H2,21,22,23);1H. The minimum Gasteiger partial charge on any atom is -0.489 e. The molecule has 0 atom stereocenters. The van der Waals surface area contributed by atoms with E-state index in [2.05, 4.69) is 33.8 Å². The van der Waals surface area contributed by atoms with Crippen molar-refractivity contribution in [1.82, 2.24) is 10.6 Å². The average Bonchev–Trinajstić information content (AvgIpc) is 2.67. The molecule has 2 aromatic rings. The first-order chi connectivity index (χ1) is 12.3. The Bertz CT molecular complexity index is 651. The van der Waals surface area contributed by atoms with Gasteiger partial charge in [0.05, 0.1) is 6.61 Å². The lowest BCUT2D eigenvalue weighted by Crippen LogP contribution is -2.38. The number of nitrogens with zero attached hydrogens (tertiary/aromatic N) is 1. The molecule has 2 N–H and O–H groups in total. The highest BCUT2D eigenvalue weighted by molar-refractivity contribution is 14.0. The third-order valence-corrected chi connectivity index (χ3v) is 3.62. The summed E-state index contributed by atoms with van der Waals surface area (Å²) in [5.74, 6) is 1.63. The zero-order chi connectivity index (χ0) is 17.7. The van der Waals surface area contributed by atoms with E-state index in [4.69, 9.17) is 9.47 Å². The van der Waals surface area contributed by atoms with E-state index in [9.17, 15) is 0 Å². The third kappa shape index (κ3) is 8.05. The molecule has 2 aromatic carbocycles. The summed E-state index contributed by atoms with van der Waals surface area (Å²) in [4.78, 5) is 4.22. The van der Waals surface area contributed by atoms with E-state index in [1.807, 2.05) is 43.3 Å². The Kier molecular flexibility index (Phi) is 11.5. The van der Waals surface area contributed by atoms with Crippen molar-refractivity contribution >= 4 is 29.9 Å². The summed E-state index contributed by atoms with van der Waals surface area (Å²) in [6, 6.07) is 18.2. The van der Waals surface area contributed by atoms with E-state index < -0.39 is 0 Å². The summed E-state index contributed by atoms with van der Waals surface area (Å²) in [5, 5.41) is 6.53. The zero-order valence-electron chi connectivity index (χ0n) is 15.4. The van der Waals surface area contributed by atoms with Crippen molar-refractivity contribution in [3.05, 3.63) is 65.7 Å². The maximum absolute atomic E-state index is 5.98. The molecule has 142 valence electrons. The Balaban J connectivity index is 0.00000338. The predicted octanol–water partition coefficient (Wildman–Crippen LogP) is 3.59. The summed E-state index contributed by atoms with van der Waals surface area (Å²) < 4.78 is 11.3. The molecule has 0 saturated carbocycles. The van der Waals surface area contributed by atoms with Gasteiger partial charge in [0.2, 0.25) is 0 Å². The third-order valence-electron chi connectivity index (χ3n) is 3.62. The Morgan fingerprint density at radius 1 is 1.00 bits per heavy atom. The summed E-state index contributed by atoms with van der Waals surface area (Å²) in [6.45, 7) is 5.28. The van der Waals surface area contributed by atoms with Crippen LogP contribution < -0.4 is 15.4 Å². The highest BCUT2D eigenvalue weighted by Crippen LogP contribution is 2.19. The zero-order valence-corrected chi connectivity index (χ0v) is 17.7. The van der Waals surface area contributed by atoms with Gasteiger partial charge in [-0.05, 0) is 18.6 Å². The van der Waals surface area contributed by atoms with Crippen LogP contribution in [0.15, 0.2) is 59.6 Å². The van der Waals surface area contributed by atoms with E-state index in [1.54, 1.807) is 7.05 Å². The van der Waals surface area contributed by atoms with Crippen LogP contribution in [0.1, 0.15) is 18.1 Å². The number of halogens is 1. The SMILES string of the molecule is CCOCCNC(=NC)NCc1ccccc1OCc1ccccc1.I. The summed E-state index contributed by atoms with van der Waals surface area (Å²) in [5.41, 5.74) is 2.24. The molecule has 0 aliphatic heterocycles. The first-order valence-corrected chi connectivity index (χ1v) is 8.60. The minimum absolute atomic E-state index is 0. The lowest BCUT2D eigenvalue weighted by Gasteiger charge is -2.15. The Morgan fingerprint density at radius 3 is 2.46 bits per heavy atom. The molecule has 0 saturated heterocycles. The number of guanidine groups is 1. The van der Waals surface area contributed by atoms with Crippen molar-refractivity contribution in [3.63, 3.8) is 0 Å². The predicted molar refractivity (Wildman–Crippen MR) is 117 cm³/mol. The number of ether oxygens (including phenoxy) is 2. The van der Waals surface area contributed by atoms with Gasteiger partial charge in [-0.2, -0.15) is 0 Å². The molecule has 0 spiro atoms. The largest absolute Gasteiger partial charge is 0.489 e. The second-order valence-corrected chi connectivity index (χ2v) is 5.43. The van der Waals surface area contributed by atoms with Crippen LogP contribution in [0.5, 0.6) is 5.75 Å². The van der Waals surface area contributed by atoms with Crippen molar-refractivity contribution in [2.45, 2.75) is 20.1 Å². The molecule has 0 heterocycles. The maximum atomic E-state index is 5.98. The molecular weight excluding hydrogens is 441 g/mol. The fraction of sp³-hybridized carbons (Fsp3) is 0.350. The molecular formula is C20H28IN3O2. The molecule has 0 bridgehead atoms. The maximum Gasteiger partial charge on any atom is 0.191 e. The molecule has 2 rings (SSSR count). The fourth-order valence-corrected chi connectivity index (χ4v) is 2.31. The number of aliphatic imine (C=N–C) groups is 1. The smallest absolute Gasteiger partial charge is 0.191 e. The van der Waals surface area contributed by atoms with Crippen molar-refractivity contribution < 1.29 is 9.47 Å². The molecule has 0 aromatic heterocycles. The number of benzene rings is 2. The van der Waals surface area contributed by atoms with Crippen LogP contribution >= 0.6 is 24.0 Å². The molecule has 6 heteroatoms. The highest BCUT2D eigenvalue weighted by Gasteiger charge is 2.05. The van der Waals surface area contributed by atoms with Gasteiger partial charge in [0.15, 0.2) is 5.96 Å². The quantitative estimate of drug-likeness (QED) is 0.255. The Hall–Kier alpha value is -1.80. The molecule has 5 nitrogen and oxygen atoms in total. The van der Waals surface area contributed by atoms with E-state index in [-0.39, 0.29) is 24.0 Å². The second kappa shape index (κ2) is 13.4. The van der Waals surface area contributed by atoms with Gasteiger partial charge in [-0.1, -0.05) is 48.5 Å². The molecule has 0 aliphatic rings. The molecule has 0 unspecified atom stereocenters. The van der Waals surface area contributed by atoms with Crippen molar-refractivity contribution in [2.24, 2.45) is 4.99 Å². The second-order valence-electron chi connectivity index (χ2n) is 5.43. The van der Waals surface area contributed by atoms with Gasteiger partial charge >= 0.3 is 0 Å². The lowest BCUT2D eigenvalue weighted by atomic mass is 10.2. The van der Waals surface area contributed by atoms with Crippen LogP contribution in [-0.4, -0.2) is 32.8 Å². The van der Waals surface area contributed by atoms with Crippen molar-refractivity contribution in [1.29, 1.82) is 0 Å². The summed E-state index contributed by atoms with van der Waals surface area (Å²) in [6.07, 6.45) is 0. The van der Waals surface area contributed by atoms with Gasteiger partial charge in [0.1, 0.15) is 12.4 Å². The van der Waals surface area contributed by atoms with Crippen molar-refractivity contribution in [2.75, 3.05) is 26.8 Å². The van der Waals surface area contributed by atoms with E-state index in [1.165, 1.54) is 0 Å². The highest BCUT2D eigenvalue weighted by atomic mass is 127. The Labute approximate surface area is 173 Å². The number of rotatable bonds is 9. The normalized spacial score (nSPS) is 10.8. The van der Waals surface area contributed by atoms with Crippen LogP contribution in [0.3, 0.4) is 0 Å². The number of para-hydroxylation sites is 1. The van der Waals surface area contributed by atoms with Gasteiger partial charge < -0.3 is 20.1 Å². The fourth-order valence-electron chi connectivity index (χ4n) is 2.31. The molecule has 26 heavy (non-hydrogen) atoms. The van der Waals surface area contributed by atoms with Gasteiger partial charge in [0, 0.05) is 32.3 Å². The molecule has 0 amide bonds. The molecule has 0 radical (unpaired) electrons. The van der Waals surface area contributed by atoms with Gasteiger partial charge in [-0.25, -0.2) is 0 Å². The molecule has 0 aliphatic carbocycles. The van der Waals surface area contributed by atoms with Gasteiger partial charge in [0.25, 0.3) is 0 Å². The van der Waals surface area contributed by atoms with Gasteiger partial charge in [-0.3, -0.25) is 4.99 Å². The van der Waals surface area contributed by atoms with Crippen LogP contribution in [-0.2, 0) is 17.9 Å². The lowest BCUT2D eigenvalue weighted by molar-refractivity contribution is 0.152. The summed E-state index contributed by atoms with van der Waals surface area (Å²) in [7, 11) is 1.76. The van der Waals surface area contributed by atoms with Crippen LogP contribution in [0.4, 0.5) is 0 Å².